The molecule has 7 rings (SSSR count). The van der Waals surface area contributed by atoms with E-state index in [-0.39, 0.29) is 21.1 Å². The number of benzene rings is 4. The minimum Gasteiger partial charge on any atom is -0.657 e. The molecule has 0 radical (unpaired) electrons. The van der Waals surface area contributed by atoms with E-state index in [1.165, 1.54) is 59.1 Å². The van der Waals surface area contributed by atoms with Crippen LogP contribution in [0.2, 0.25) is 0 Å². The number of para-hydroxylation sites is 2. The van der Waals surface area contributed by atoms with Gasteiger partial charge in [-0.15, -0.1) is 11.4 Å². The van der Waals surface area contributed by atoms with Crippen LogP contribution in [0.25, 0.3) is 43.6 Å². The molecule has 0 saturated heterocycles. The summed E-state index contributed by atoms with van der Waals surface area (Å²) in [7, 11) is 0. The van der Waals surface area contributed by atoms with Crippen molar-refractivity contribution < 1.29 is 21.1 Å². The molecule has 0 atom stereocenters. The summed E-state index contributed by atoms with van der Waals surface area (Å²) in [6.45, 7) is 18.6. The minimum absolute atomic E-state index is 0. The quantitative estimate of drug-likeness (QED) is 0.145. The summed E-state index contributed by atoms with van der Waals surface area (Å²) in [5.41, 5.74) is 13.7. The number of hydrogen-bond donors (Lipinski definition) is 0. The van der Waals surface area contributed by atoms with Crippen molar-refractivity contribution in [2.24, 2.45) is 5.41 Å². The zero-order valence-electron chi connectivity index (χ0n) is 32.0. The topological polar surface area (TPSA) is 54.0 Å². The first-order valence-corrected chi connectivity index (χ1v) is 19.0. The van der Waals surface area contributed by atoms with Crippen LogP contribution in [0.3, 0.4) is 0 Å². The maximum atomic E-state index is 5.30. The van der Waals surface area contributed by atoms with Crippen molar-refractivity contribution in [2.45, 2.75) is 105 Å². The average molecular weight is 868 g/mol. The smallest absolute Gasteiger partial charge is 0.657 e. The van der Waals surface area contributed by atoms with Gasteiger partial charge in [-0.2, -0.15) is 11.4 Å². The van der Waals surface area contributed by atoms with Gasteiger partial charge < -0.3 is 10.6 Å². The van der Waals surface area contributed by atoms with Crippen LogP contribution in [-0.4, -0.2) is 9.97 Å². The van der Waals surface area contributed by atoms with Crippen LogP contribution in [0.15, 0.2) is 97.3 Å². The van der Waals surface area contributed by atoms with E-state index in [0.29, 0.717) is 29.1 Å². The molecule has 2 heterocycles. The van der Waals surface area contributed by atoms with Crippen molar-refractivity contribution >= 4 is 44.6 Å². The van der Waals surface area contributed by atoms with E-state index in [2.05, 4.69) is 140 Å². The molecular formula is C47H52N4Pt. The predicted molar refractivity (Wildman–Crippen MR) is 218 cm³/mol. The van der Waals surface area contributed by atoms with Crippen LogP contribution in [0.4, 0.5) is 22.7 Å². The molecule has 1 saturated carbocycles. The molecule has 0 spiro atoms. The Hall–Kier alpha value is -4.01. The summed E-state index contributed by atoms with van der Waals surface area (Å²) < 4.78 is 0. The van der Waals surface area contributed by atoms with E-state index in [1.807, 2.05) is 12.3 Å². The number of aromatic nitrogens is 2. The maximum absolute atomic E-state index is 5.30. The Bertz CT molecular complexity index is 2150. The Morgan fingerprint density at radius 2 is 1.21 bits per heavy atom. The number of nitrogens with zero attached hydrogens (tertiary/aromatic N) is 4. The van der Waals surface area contributed by atoms with Gasteiger partial charge in [0.05, 0.1) is 11.0 Å². The molecule has 2 aromatic heterocycles. The molecule has 0 aliphatic heterocycles. The SMILES string of the molecule is CC(C)c1cc(C(C)C)c(-c2cnc3c([N-]c4ccc(C5CCC(C)(C)CC5)cc4[N-]c4cccc5cccnc45)cccc3c2)c(C(C)C)c1.[Pt+2]. The van der Waals surface area contributed by atoms with Crippen molar-refractivity contribution in [2.75, 3.05) is 0 Å². The standard InChI is InChI=1S/C47H52N4.Pt/c1-29(2)36-25-38(30(3)4)44(39(26-36)31(5)6)37-24-35-13-10-16-42(46(35)49-28-37)50-40-18-17-34(32-19-21-47(7,8)22-20-32)27-43(40)51-41-15-9-12-33-14-11-23-48-45(33)41;/h9-18,23-32H,19-22H2,1-8H3;/q-2;+2. The third-order valence-corrected chi connectivity index (χ3v) is 11.0. The second kappa shape index (κ2) is 15.5. The normalized spacial score (nSPS) is 14.7. The Kier molecular flexibility index (Phi) is 11.3. The fraction of sp³-hybridized carbons (Fsp3) is 0.362. The number of rotatable bonds is 9. The van der Waals surface area contributed by atoms with Crippen LogP contribution in [0, 0.1) is 5.41 Å². The Morgan fingerprint density at radius 3 is 1.85 bits per heavy atom. The molecule has 1 aliphatic rings. The Labute approximate surface area is 325 Å². The molecule has 0 unspecified atom stereocenters. The van der Waals surface area contributed by atoms with E-state index in [9.17, 15) is 0 Å². The van der Waals surface area contributed by atoms with Crippen molar-refractivity contribution in [1.29, 1.82) is 0 Å². The first kappa shape index (κ1) is 37.7. The number of pyridine rings is 2. The molecule has 4 nitrogen and oxygen atoms in total. The van der Waals surface area contributed by atoms with E-state index >= 15 is 0 Å². The van der Waals surface area contributed by atoms with Gasteiger partial charge in [0.25, 0.3) is 0 Å². The number of hydrogen-bond acceptors (Lipinski definition) is 2. The number of fused-ring (bicyclic) bond motifs is 2. The van der Waals surface area contributed by atoms with Crippen LogP contribution < -0.4 is 0 Å². The molecule has 4 aromatic carbocycles. The molecule has 5 heteroatoms. The van der Waals surface area contributed by atoms with Gasteiger partial charge in [0, 0.05) is 18.0 Å². The van der Waals surface area contributed by atoms with Crippen LogP contribution in [0.5, 0.6) is 0 Å². The van der Waals surface area contributed by atoms with Gasteiger partial charge in [-0.1, -0.05) is 128 Å². The molecule has 270 valence electrons. The molecule has 0 bridgehead atoms. The molecule has 6 aromatic rings. The fourth-order valence-corrected chi connectivity index (χ4v) is 7.81. The van der Waals surface area contributed by atoms with Gasteiger partial charge in [-0.05, 0) is 105 Å². The van der Waals surface area contributed by atoms with Gasteiger partial charge in [-0.25, -0.2) is 0 Å². The Balaban J connectivity index is 0.00000464. The first-order valence-electron chi connectivity index (χ1n) is 19.0. The summed E-state index contributed by atoms with van der Waals surface area (Å²) in [6.07, 6.45) is 8.79. The fourth-order valence-electron chi connectivity index (χ4n) is 7.81. The van der Waals surface area contributed by atoms with E-state index in [4.69, 9.17) is 20.6 Å². The maximum Gasteiger partial charge on any atom is 2.00 e. The van der Waals surface area contributed by atoms with Crippen LogP contribution in [0.1, 0.15) is 127 Å². The van der Waals surface area contributed by atoms with Gasteiger partial charge in [-0.3, -0.25) is 9.97 Å². The van der Waals surface area contributed by atoms with E-state index in [0.717, 1.165) is 44.6 Å². The zero-order chi connectivity index (χ0) is 35.9. The third kappa shape index (κ3) is 7.84. The van der Waals surface area contributed by atoms with Crippen molar-refractivity contribution in [3.63, 3.8) is 0 Å². The molecule has 1 fully saturated rings. The molecule has 0 N–H and O–H groups in total. The van der Waals surface area contributed by atoms with Crippen molar-refractivity contribution in [3.05, 3.63) is 130 Å². The summed E-state index contributed by atoms with van der Waals surface area (Å²) >= 11 is 0. The monoisotopic (exact) mass is 867 g/mol. The zero-order valence-corrected chi connectivity index (χ0v) is 34.3. The first-order chi connectivity index (χ1) is 24.5. The summed E-state index contributed by atoms with van der Waals surface area (Å²) in [5, 5.41) is 12.7. The Morgan fingerprint density at radius 1 is 0.615 bits per heavy atom. The van der Waals surface area contributed by atoms with Gasteiger partial charge in [0.15, 0.2) is 0 Å². The predicted octanol–water partition coefficient (Wildman–Crippen LogP) is 15.2. The molecule has 52 heavy (non-hydrogen) atoms. The minimum atomic E-state index is 0. The van der Waals surface area contributed by atoms with E-state index in [1.54, 1.807) is 0 Å². The summed E-state index contributed by atoms with van der Waals surface area (Å²) in [4.78, 5) is 9.84. The van der Waals surface area contributed by atoms with Gasteiger partial charge in [0.2, 0.25) is 0 Å². The summed E-state index contributed by atoms with van der Waals surface area (Å²) in [6, 6.07) is 30.5. The second-order valence-corrected chi connectivity index (χ2v) is 16.4. The molecule has 0 amide bonds. The molecule has 1 aliphatic carbocycles. The van der Waals surface area contributed by atoms with E-state index < -0.39 is 0 Å². The summed E-state index contributed by atoms with van der Waals surface area (Å²) in [5.74, 6) is 1.81. The van der Waals surface area contributed by atoms with Crippen LogP contribution in [-0.2, 0) is 21.1 Å². The second-order valence-electron chi connectivity index (χ2n) is 16.4. The molecular weight excluding hydrogens is 816 g/mol. The third-order valence-electron chi connectivity index (χ3n) is 11.0. The van der Waals surface area contributed by atoms with Crippen LogP contribution >= 0.6 is 0 Å². The van der Waals surface area contributed by atoms with Crippen molar-refractivity contribution in [1.82, 2.24) is 9.97 Å². The van der Waals surface area contributed by atoms with Gasteiger partial charge >= 0.3 is 21.1 Å². The largest absolute Gasteiger partial charge is 2.00 e. The van der Waals surface area contributed by atoms with Gasteiger partial charge in [0.1, 0.15) is 0 Å². The average Bonchev–Trinajstić information content (AvgIpc) is 3.11. The van der Waals surface area contributed by atoms with Crippen molar-refractivity contribution in [3.8, 4) is 11.1 Å².